The SMILES string of the molecule is CCc1cccc2c(/C=C3/C(=O)N(C)c4ccccc43)c[nH]c12. The minimum absolute atomic E-state index is 0.0483. The van der Waals surface area contributed by atoms with Gasteiger partial charge in [-0.25, -0.2) is 0 Å². The predicted octanol–water partition coefficient (Wildman–Crippen LogP) is 4.25. The Labute approximate surface area is 135 Å². The molecule has 23 heavy (non-hydrogen) atoms. The highest BCUT2D eigenvalue weighted by Crippen LogP contribution is 2.37. The van der Waals surface area contributed by atoms with Crippen LogP contribution in [0.1, 0.15) is 23.6 Å². The van der Waals surface area contributed by atoms with Gasteiger partial charge >= 0.3 is 0 Å². The number of aryl methyl sites for hydroxylation is 1. The number of aromatic nitrogens is 1. The number of rotatable bonds is 2. The Balaban J connectivity index is 1.90. The summed E-state index contributed by atoms with van der Waals surface area (Å²) >= 11 is 0. The lowest BCUT2D eigenvalue weighted by atomic mass is 10.0. The van der Waals surface area contributed by atoms with Gasteiger partial charge in [-0.1, -0.05) is 43.3 Å². The number of likely N-dealkylation sites (N-methyl/N-ethyl adjacent to an activating group) is 1. The topological polar surface area (TPSA) is 36.1 Å². The largest absolute Gasteiger partial charge is 0.360 e. The van der Waals surface area contributed by atoms with Crippen LogP contribution in [0.3, 0.4) is 0 Å². The van der Waals surface area contributed by atoms with Crippen LogP contribution in [-0.4, -0.2) is 17.9 Å². The number of benzene rings is 2. The maximum absolute atomic E-state index is 12.6. The summed E-state index contributed by atoms with van der Waals surface area (Å²) in [5.74, 6) is 0.0483. The van der Waals surface area contributed by atoms with Gasteiger partial charge < -0.3 is 9.88 Å². The minimum Gasteiger partial charge on any atom is -0.360 e. The summed E-state index contributed by atoms with van der Waals surface area (Å²) in [5, 5.41) is 1.16. The lowest BCUT2D eigenvalue weighted by Gasteiger charge is -2.07. The molecule has 3 heteroatoms. The smallest absolute Gasteiger partial charge is 0.258 e. The van der Waals surface area contributed by atoms with Gasteiger partial charge in [-0.2, -0.15) is 0 Å². The van der Waals surface area contributed by atoms with E-state index in [-0.39, 0.29) is 5.91 Å². The van der Waals surface area contributed by atoms with E-state index in [0.29, 0.717) is 0 Å². The van der Waals surface area contributed by atoms with E-state index in [1.807, 2.05) is 43.6 Å². The highest BCUT2D eigenvalue weighted by atomic mass is 16.2. The Bertz CT molecular complexity index is 949. The molecular formula is C20H18N2O. The third-order valence-corrected chi connectivity index (χ3v) is 4.61. The van der Waals surface area contributed by atoms with Crippen LogP contribution in [0, 0.1) is 0 Å². The molecule has 4 rings (SSSR count). The number of carbonyl (C=O) groups excluding carboxylic acids is 1. The van der Waals surface area contributed by atoms with Gasteiger partial charge in [0.05, 0.1) is 5.69 Å². The minimum atomic E-state index is 0.0483. The van der Waals surface area contributed by atoms with Gasteiger partial charge in [0.1, 0.15) is 0 Å². The second-order valence-electron chi connectivity index (χ2n) is 5.88. The third kappa shape index (κ3) is 2.00. The highest BCUT2D eigenvalue weighted by Gasteiger charge is 2.29. The summed E-state index contributed by atoms with van der Waals surface area (Å²) in [7, 11) is 1.83. The number of nitrogens with zero attached hydrogens (tertiary/aromatic N) is 1. The third-order valence-electron chi connectivity index (χ3n) is 4.61. The number of hydrogen-bond acceptors (Lipinski definition) is 1. The molecule has 1 N–H and O–H groups in total. The fraction of sp³-hybridized carbons (Fsp3) is 0.150. The summed E-state index contributed by atoms with van der Waals surface area (Å²) in [4.78, 5) is 17.7. The molecule has 3 aromatic rings. The van der Waals surface area contributed by atoms with Gasteiger partial charge in [0.15, 0.2) is 0 Å². The first-order valence-corrected chi connectivity index (χ1v) is 7.89. The molecule has 0 saturated carbocycles. The lowest BCUT2D eigenvalue weighted by Crippen LogP contribution is -2.20. The molecule has 2 heterocycles. The van der Waals surface area contributed by atoms with Crippen molar-refractivity contribution in [1.82, 2.24) is 4.98 Å². The van der Waals surface area contributed by atoms with Crippen LogP contribution in [0.4, 0.5) is 5.69 Å². The van der Waals surface area contributed by atoms with E-state index < -0.39 is 0 Å². The average Bonchev–Trinajstić information content (AvgIpc) is 3.10. The number of H-pyrrole nitrogens is 1. The van der Waals surface area contributed by atoms with Crippen LogP contribution in [0.2, 0.25) is 0 Å². The highest BCUT2D eigenvalue weighted by molar-refractivity contribution is 6.36. The Morgan fingerprint density at radius 3 is 2.78 bits per heavy atom. The first kappa shape index (κ1) is 13.8. The molecule has 2 aromatic carbocycles. The first-order chi connectivity index (χ1) is 11.2. The zero-order valence-electron chi connectivity index (χ0n) is 13.3. The van der Waals surface area contributed by atoms with Crippen molar-refractivity contribution in [2.45, 2.75) is 13.3 Å². The van der Waals surface area contributed by atoms with E-state index in [9.17, 15) is 4.79 Å². The zero-order valence-corrected chi connectivity index (χ0v) is 13.3. The molecule has 0 spiro atoms. The molecule has 1 amide bonds. The van der Waals surface area contributed by atoms with Gasteiger partial charge in [0.2, 0.25) is 0 Å². The van der Waals surface area contributed by atoms with Crippen molar-refractivity contribution in [3.8, 4) is 0 Å². The van der Waals surface area contributed by atoms with E-state index in [1.54, 1.807) is 4.90 Å². The van der Waals surface area contributed by atoms with E-state index in [0.717, 1.165) is 39.7 Å². The van der Waals surface area contributed by atoms with Crippen LogP contribution in [0.15, 0.2) is 48.7 Å². The lowest BCUT2D eigenvalue weighted by molar-refractivity contribution is -0.112. The van der Waals surface area contributed by atoms with Crippen molar-refractivity contribution in [3.63, 3.8) is 0 Å². The quantitative estimate of drug-likeness (QED) is 0.706. The second kappa shape index (κ2) is 5.13. The maximum Gasteiger partial charge on any atom is 0.258 e. The van der Waals surface area contributed by atoms with Crippen molar-refractivity contribution in [2.24, 2.45) is 0 Å². The molecule has 0 unspecified atom stereocenters. The van der Waals surface area contributed by atoms with E-state index >= 15 is 0 Å². The van der Waals surface area contributed by atoms with E-state index in [4.69, 9.17) is 0 Å². The van der Waals surface area contributed by atoms with Gasteiger partial charge in [0, 0.05) is 40.8 Å². The average molecular weight is 302 g/mol. The molecule has 0 atom stereocenters. The van der Waals surface area contributed by atoms with Gasteiger partial charge in [-0.05, 0) is 24.1 Å². The zero-order chi connectivity index (χ0) is 16.0. The Kier molecular flexibility index (Phi) is 3.08. The van der Waals surface area contributed by atoms with Crippen molar-refractivity contribution < 1.29 is 4.79 Å². The number of nitrogens with one attached hydrogen (secondary N) is 1. The number of anilines is 1. The standard InChI is InChI=1S/C20H18N2O/c1-3-13-7-6-9-15-14(12-21-19(13)15)11-17-16-8-4-5-10-18(16)22(2)20(17)23/h4-12,21H,3H2,1-2H3/b17-11+. The number of carbonyl (C=O) groups is 1. The number of fused-ring (bicyclic) bond motifs is 2. The van der Waals surface area contributed by atoms with Gasteiger partial charge in [-0.3, -0.25) is 4.79 Å². The predicted molar refractivity (Wildman–Crippen MR) is 95.4 cm³/mol. The molecule has 1 aliphatic heterocycles. The van der Waals surface area contributed by atoms with Crippen LogP contribution >= 0.6 is 0 Å². The monoisotopic (exact) mass is 302 g/mol. The molecule has 114 valence electrons. The van der Waals surface area contributed by atoms with Crippen molar-refractivity contribution in [2.75, 3.05) is 11.9 Å². The second-order valence-corrected chi connectivity index (χ2v) is 5.88. The number of amides is 1. The molecule has 1 aromatic heterocycles. The molecule has 1 aliphatic rings. The molecule has 0 fully saturated rings. The maximum atomic E-state index is 12.6. The van der Waals surface area contributed by atoms with Crippen molar-refractivity contribution in [3.05, 3.63) is 65.4 Å². The summed E-state index contributed by atoms with van der Waals surface area (Å²) in [6.45, 7) is 2.15. The molecule has 3 nitrogen and oxygen atoms in total. The van der Waals surface area contributed by atoms with Crippen molar-refractivity contribution in [1.29, 1.82) is 0 Å². The van der Waals surface area contributed by atoms with Crippen LogP contribution in [-0.2, 0) is 11.2 Å². The van der Waals surface area contributed by atoms with Crippen LogP contribution in [0.5, 0.6) is 0 Å². The number of hydrogen-bond donors (Lipinski definition) is 1. The summed E-state index contributed by atoms with van der Waals surface area (Å²) in [6, 6.07) is 14.3. The summed E-state index contributed by atoms with van der Waals surface area (Å²) in [6.07, 6.45) is 4.98. The molecule has 0 bridgehead atoms. The Morgan fingerprint density at radius 1 is 1.13 bits per heavy atom. The van der Waals surface area contributed by atoms with E-state index in [2.05, 4.69) is 30.1 Å². The Morgan fingerprint density at radius 2 is 1.96 bits per heavy atom. The van der Waals surface area contributed by atoms with Crippen molar-refractivity contribution >= 4 is 34.1 Å². The molecular weight excluding hydrogens is 284 g/mol. The fourth-order valence-electron chi connectivity index (χ4n) is 3.35. The Hall–Kier alpha value is -2.81. The molecule has 0 radical (unpaired) electrons. The molecule has 0 saturated heterocycles. The van der Waals surface area contributed by atoms with Gasteiger partial charge in [0.25, 0.3) is 5.91 Å². The summed E-state index contributed by atoms with van der Waals surface area (Å²) < 4.78 is 0. The van der Waals surface area contributed by atoms with Gasteiger partial charge in [-0.15, -0.1) is 0 Å². The number of aromatic amines is 1. The van der Waals surface area contributed by atoms with Crippen LogP contribution < -0.4 is 4.90 Å². The van der Waals surface area contributed by atoms with E-state index in [1.165, 1.54) is 5.56 Å². The fourth-order valence-corrected chi connectivity index (χ4v) is 3.35. The molecule has 0 aliphatic carbocycles. The first-order valence-electron chi connectivity index (χ1n) is 7.89. The number of para-hydroxylation sites is 2. The van der Waals surface area contributed by atoms with Crippen LogP contribution in [0.25, 0.3) is 22.6 Å². The normalized spacial score (nSPS) is 15.7. The summed E-state index contributed by atoms with van der Waals surface area (Å²) in [5.41, 5.74) is 6.24.